The first-order valence-electron chi connectivity index (χ1n) is 13.1. The van der Waals surface area contributed by atoms with Gasteiger partial charge in [-0.05, 0) is 98.1 Å². The number of rotatable bonds is 5. The molecule has 6 rings (SSSR count). The van der Waals surface area contributed by atoms with Crippen molar-refractivity contribution in [3.8, 4) is 44.5 Å². The molecule has 2 N–H and O–H groups in total. The van der Waals surface area contributed by atoms with Crippen LogP contribution in [0, 0.1) is 0 Å². The molecule has 1 aliphatic rings. The van der Waals surface area contributed by atoms with Crippen molar-refractivity contribution < 1.29 is 0 Å². The lowest BCUT2D eigenvalue weighted by atomic mass is 9.95. The van der Waals surface area contributed by atoms with Crippen LogP contribution in [0.5, 0.6) is 0 Å². The smallest absolute Gasteiger partial charge is 0.0564 e. The van der Waals surface area contributed by atoms with Crippen LogP contribution in [0.15, 0.2) is 109 Å². The Hall–Kier alpha value is -4.34. The lowest BCUT2D eigenvalue weighted by Gasteiger charge is -2.13. The number of benzene rings is 5. The minimum absolute atomic E-state index is 0.119. The van der Waals surface area contributed by atoms with Gasteiger partial charge < -0.3 is 15.5 Å². The quantitative estimate of drug-likeness (QED) is 0.269. The van der Waals surface area contributed by atoms with Crippen molar-refractivity contribution in [2.45, 2.75) is 6.04 Å². The van der Waals surface area contributed by atoms with Crippen LogP contribution < -0.4 is 15.5 Å². The Labute approximate surface area is 225 Å². The van der Waals surface area contributed by atoms with Crippen molar-refractivity contribution in [3.05, 3.63) is 120 Å². The van der Waals surface area contributed by atoms with Crippen molar-refractivity contribution >= 4 is 11.4 Å². The number of nitrogens with zero attached hydrogens (tertiary/aromatic N) is 2. The van der Waals surface area contributed by atoms with Crippen LogP contribution in [0.4, 0.5) is 11.4 Å². The highest BCUT2D eigenvalue weighted by atomic mass is 15.1. The number of anilines is 2. The molecule has 0 aliphatic heterocycles. The average molecular weight is 496 g/mol. The van der Waals surface area contributed by atoms with Gasteiger partial charge in [-0.3, -0.25) is 0 Å². The van der Waals surface area contributed by atoms with Crippen LogP contribution in [0.2, 0.25) is 0 Å². The first kappa shape index (κ1) is 24.0. The summed E-state index contributed by atoms with van der Waals surface area (Å²) in [6.07, 6.45) is 0. The third kappa shape index (κ3) is 4.25. The molecule has 5 aromatic carbocycles. The SMILES string of the molecule is CN(C)c1ccc(-c2cccc(-c3ccc4c(c3)C(N)c3ccc(-c5ccc(N(C)C)cc5)cc3-4)c2)cc1. The molecule has 0 fully saturated rings. The van der Waals surface area contributed by atoms with E-state index in [2.05, 4.69) is 147 Å². The molecular formula is C35H33N3. The van der Waals surface area contributed by atoms with Crippen LogP contribution >= 0.6 is 0 Å². The molecule has 0 heterocycles. The van der Waals surface area contributed by atoms with Gasteiger partial charge in [0, 0.05) is 39.6 Å². The van der Waals surface area contributed by atoms with Gasteiger partial charge in [-0.25, -0.2) is 0 Å². The normalized spacial score (nSPS) is 13.7. The van der Waals surface area contributed by atoms with E-state index < -0.39 is 0 Å². The fourth-order valence-electron chi connectivity index (χ4n) is 5.44. The molecule has 5 aromatic rings. The fourth-order valence-corrected chi connectivity index (χ4v) is 5.44. The third-order valence-corrected chi connectivity index (χ3v) is 7.70. The second-order valence-electron chi connectivity index (χ2n) is 10.5. The van der Waals surface area contributed by atoms with E-state index in [-0.39, 0.29) is 6.04 Å². The van der Waals surface area contributed by atoms with Crippen molar-refractivity contribution in [3.63, 3.8) is 0 Å². The molecule has 1 atom stereocenters. The lowest BCUT2D eigenvalue weighted by Crippen LogP contribution is -2.08. The summed E-state index contributed by atoms with van der Waals surface area (Å²) in [6, 6.07) is 39.5. The highest BCUT2D eigenvalue weighted by molar-refractivity contribution is 5.85. The van der Waals surface area contributed by atoms with E-state index in [1.54, 1.807) is 0 Å². The maximum atomic E-state index is 6.80. The molecule has 1 unspecified atom stereocenters. The number of hydrogen-bond donors (Lipinski definition) is 1. The number of hydrogen-bond acceptors (Lipinski definition) is 3. The summed E-state index contributed by atoms with van der Waals surface area (Å²) in [5.41, 5.74) is 21.3. The second kappa shape index (κ2) is 9.51. The van der Waals surface area contributed by atoms with Crippen molar-refractivity contribution in [1.29, 1.82) is 0 Å². The Morgan fingerprint density at radius 3 is 1.50 bits per heavy atom. The molecule has 188 valence electrons. The van der Waals surface area contributed by atoms with E-state index in [1.165, 1.54) is 67.0 Å². The van der Waals surface area contributed by atoms with Gasteiger partial charge in [0.1, 0.15) is 0 Å². The Bertz CT molecular complexity index is 1610. The first-order valence-corrected chi connectivity index (χ1v) is 13.1. The Morgan fingerprint density at radius 2 is 0.921 bits per heavy atom. The highest BCUT2D eigenvalue weighted by Gasteiger charge is 2.26. The minimum Gasteiger partial charge on any atom is -0.378 e. The summed E-state index contributed by atoms with van der Waals surface area (Å²) in [5, 5.41) is 0. The molecule has 0 aromatic heterocycles. The summed E-state index contributed by atoms with van der Waals surface area (Å²) in [5.74, 6) is 0. The van der Waals surface area contributed by atoms with Gasteiger partial charge in [0.15, 0.2) is 0 Å². The topological polar surface area (TPSA) is 32.5 Å². The van der Waals surface area contributed by atoms with Gasteiger partial charge in [-0.2, -0.15) is 0 Å². The molecule has 0 saturated carbocycles. The van der Waals surface area contributed by atoms with E-state index >= 15 is 0 Å². The summed E-state index contributed by atoms with van der Waals surface area (Å²) >= 11 is 0. The monoisotopic (exact) mass is 495 g/mol. The van der Waals surface area contributed by atoms with Gasteiger partial charge in [0.2, 0.25) is 0 Å². The van der Waals surface area contributed by atoms with Gasteiger partial charge in [0.05, 0.1) is 6.04 Å². The zero-order valence-electron chi connectivity index (χ0n) is 22.4. The van der Waals surface area contributed by atoms with Crippen LogP contribution in [-0.4, -0.2) is 28.2 Å². The third-order valence-electron chi connectivity index (χ3n) is 7.70. The van der Waals surface area contributed by atoms with Crippen molar-refractivity contribution in [2.75, 3.05) is 38.0 Å². The zero-order chi connectivity index (χ0) is 26.4. The van der Waals surface area contributed by atoms with Crippen LogP contribution in [0.1, 0.15) is 17.2 Å². The van der Waals surface area contributed by atoms with Gasteiger partial charge in [-0.15, -0.1) is 0 Å². The molecule has 38 heavy (non-hydrogen) atoms. The van der Waals surface area contributed by atoms with Gasteiger partial charge in [-0.1, -0.05) is 66.7 Å². The van der Waals surface area contributed by atoms with E-state index in [4.69, 9.17) is 5.73 Å². The van der Waals surface area contributed by atoms with Gasteiger partial charge >= 0.3 is 0 Å². The Balaban J connectivity index is 1.33. The highest BCUT2D eigenvalue weighted by Crippen LogP contribution is 2.45. The van der Waals surface area contributed by atoms with Crippen molar-refractivity contribution in [1.82, 2.24) is 0 Å². The predicted molar refractivity (Wildman–Crippen MR) is 163 cm³/mol. The minimum atomic E-state index is -0.119. The van der Waals surface area contributed by atoms with E-state index in [0.717, 1.165) is 0 Å². The molecule has 1 aliphatic carbocycles. The first-order chi connectivity index (χ1) is 18.4. The van der Waals surface area contributed by atoms with Crippen LogP contribution in [0.25, 0.3) is 44.5 Å². The Morgan fingerprint density at radius 1 is 0.447 bits per heavy atom. The average Bonchev–Trinajstić information content (AvgIpc) is 3.23. The van der Waals surface area contributed by atoms with E-state index in [9.17, 15) is 0 Å². The predicted octanol–water partition coefficient (Wildman–Crippen LogP) is 7.85. The van der Waals surface area contributed by atoms with E-state index in [0.29, 0.717) is 0 Å². The summed E-state index contributed by atoms with van der Waals surface area (Å²) in [4.78, 5) is 4.24. The molecule has 0 amide bonds. The van der Waals surface area contributed by atoms with E-state index in [1.807, 2.05) is 0 Å². The van der Waals surface area contributed by atoms with Crippen LogP contribution in [-0.2, 0) is 0 Å². The summed E-state index contributed by atoms with van der Waals surface area (Å²) in [7, 11) is 8.26. The fraction of sp³-hybridized carbons (Fsp3) is 0.143. The van der Waals surface area contributed by atoms with Crippen LogP contribution in [0.3, 0.4) is 0 Å². The largest absolute Gasteiger partial charge is 0.378 e. The molecule has 0 spiro atoms. The molecule has 3 nitrogen and oxygen atoms in total. The Kier molecular flexibility index (Phi) is 6.01. The van der Waals surface area contributed by atoms with Crippen molar-refractivity contribution in [2.24, 2.45) is 5.73 Å². The molecular weight excluding hydrogens is 462 g/mol. The second-order valence-corrected chi connectivity index (χ2v) is 10.5. The lowest BCUT2D eigenvalue weighted by molar-refractivity contribution is 0.901. The number of nitrogens with two attached hydrogens (primary N) is 1. The zero-order valence-corrected chi connectivity index (χ0v) is 22.4. The summed E-state index contributed by atoms with van der Waals surface area (Å²) in [6.45, 7) is 0. The maximum absolute atomic E-state index is 6.80. The summed E-state index contributed by atoms with van der Waals surface area (Å²) < 4.78 is 0. The molecule has 3 heteroatoms. The standard InChI is InChI=1S/C35H33N3/c1-37(2)29-14-8-23(9-15-29)25-6-5-7-26(20-25)28-12-18-31-33-21-27(13-19-32(33)35(36)34(31)22-28)24-10-16-30(17-11-24)38(3)4/h5-22,35H,36H2,1-4H3. The molecule has 0 saturated heterocycles. The molecule has 0 radical (unpaired) electrons. The van der Waals surface area contributed by atoms with Gasteiger partial charge in [0.25, 0.3) is 0 Å². The molecule has 0 bridgehead atoms. The number of fused-ring (bicyclic) bond motifs is 3. The maximum Gasteiger partial charge on any atom is 0.0564 e.